The summed E-state index contributed by atoms with van der Waals surface area (Å²) in [6.07, 6.45) is 0.287. The van der Waals surface area contributed by atoms with Crippen LogP contribution < -0.4 is 5.32 Å². The van der Waals surface area contributed by atoms with Crippen molar-refractivity contribution in [3.05, 3.63) is 52.6 Å². The largest absolute Gasteiger partial charge is 0.338 e. The molecular formula is C18H19N5O3. The van der Waals surface area contributed by atoms with Crippen molar-refractivity contribution in [1.29, 1.82) is 0 Å². The second-order valence-corrected chi connectivity index (χ2v) is 6.19. The summed E-state index contributed by atoms with van der Waals surface area (Å²) in [7, 11) is 3.75. The maximum Gasteiger partial charge on any atom is 0.271 e. The Balaban J connectivity index is 1.98. The summed E-state index contributed by atoms with van der Waals surface area (Å²) in [5, 5.41) is 13.9. The lowest BCUT2D eigenvalue weighted by Crippen LogP contribution is -2.21. The van der Waals surface area contributed by atoms with E-state index in [0.717, 1.165) is 11.0 Å². The highest BCUT2D eigenvalue weighted by Crippen LogP contribution is 2.31. The van der Waals surface area contributed by atoms with E-state index < -0.39 is 4.92 Å². The van der Waals surface area contributed by atoms with Gasteiger partial charge in [-0.3, -0.25) is 14.9 Å². The number of anilines is 1. The molecule has 1 amide bonds. The van der Waals surface area contributed by atoms with Crippen LogP contribution in [0.1, 0.15) is 6.42 Å². The zero-order valence-electron chi connectivity index (χ0n) is 14.5. The summed E-state index contributed by atoms with van der Waals surface area (Å²) in [6, 6.07) is 11.9. The molecule has 3 rings (SSSR count). The number of para-hydroxylation sites is 2. The van der Waals surface area contributed by atoms with Crippen LogP contribution in [0, 0.1) is 10.1 Å². The number of nitro benzene ring substituents is 1. The third-order valence-corrected chi connectivity index (χ3v) is 3.92. The molecule has 0 spiro atoms. The molecule has 0 aliphatic rings. The average molecular weight is 353 g/mol. The minimum atomic E-state index is -0.488. The molecule has 8 heteroatoms. The molecule has 0 atom stereocenters. The van der Waals surface area contributed by atoms with Gasteiger partial charge in [-0.25, -0.2) is 4.98 Å². The van der Waals surface area contributed by atoms with Gasteiger partial charge in [-0.2, -0.15) is 0 Å². The number of rotatable bonds is 6. The molecular weight excluding hydrogens is 334 g/mol. The number of carbonyl (C=O) groups is 1. The fraction of sp³-hybridized carbons (Fsp3) is 0.222. The highest BCUT2D eigenvalue weighted by atomic mass is 16.6. The SMILES string of the molecule is CN(C)CCC(=O)Nc1cc([N+](=O)[O-])ccc1-c1nc2ccccc2[nH]1. The monoisotopic (exact) mass is 353 g/mol. The Hall–Kier alpha value is -3.26. The van der Waals surface area contributed by atoms with Crippen molar-refractivity contribution in [1.82, 2.24) is 14.9 Å². The van der Waals surface area contributed by atoms with Crippen molar-refractivity contribution in [3.63, 3.8) is 0 Å². The highest BCUT2D eigenvalue weighted by molar-refractivity contribution is 5.96. The van der Waals surface area contributed by atoms with Crippen molar-refractivity contribution in [2.45, 2.75) is 6.42 Å². The molecule has 0 saturated carbocycles. The molecule has 0 bridgehead atoms. The van der Waals surface area contributed by atoms with E-state index >= 15 is 0 Å². The van der Waals surface area contributed by atoms with Crippen LogP contribution in [0.2, 0.25) is 0 Å². The van der Waals surface area contributed by atoms with Gasteiger partial charge in [0.15, 0.2) is 0 Å². The quantitative estimate of drug-likeness (QED) is 0.523. The van der Waals surface area contributed by atoms with Gasteiger partial charge in [0.2, 0.25) is 5.91 Å². The Morgan fingerprint density at radius 3 is 2.73 bits per heavy atom. The highest BCUT2D eigenvalue weighted by Gasteiger charge is 2.16. The standard InChI is InChI=1S/C18H19N5O3/c1-22(2)10-9-17(24)19-16-11-12(23(25)26)7-8-13(16)18-20-14-5-3-4-6-15(14)21-18/h3-8,11H,9-10H2,1-2H3,(H,19,24)(H,20,21). The molecule has 0 aliphatic carbocycles. The Morgan fingerprint density at radius 2 is 2.04 bits per heavy atom. The van der Waals surface area contributed by atoms with Gasteiger partial charge in [0, 0.05) is 30.7 Å². The number of hydrogen-bond donors (Lipinski definition) is 2. The Kier molecular flexibility index (Phi) is 4.94. The third-order valence-electron chi connectivity index (χ3n) is 3.92. The number of nitro groups is 1. The number of non-ortho nitro benzene ring substituents is 1. The maximum absolute atomic E-state index is 12.2. The number of nitrogens with zero attached hydrogens (tertiary/aromatic N) is 3. The van der Waals surface area contributed by atoms with Crippen LogP contribution in [-0.2, 0) is 4.79 Å². The summed E-state index contributed by atoms with van der Waals surface area (Å²) in [5.41, 5.74) is 2.51. The van der Waals surface area contributed by atoms with E-state index in [1.807, 2.05) is 43.3 Å². The number of nitrogens with one attached hydrogen (secondary N) is 2. The molecule has 0 radical (unpaired) electrons. The van der Waals surface area contributed by atoms with Gasteiger partial charge in [-0.1, -0.05) is 12.1 Å². The number of aromatic amines is 1. The smallest absolute Gasteiger partial charge is 0.271 e. The van der Waals surface area contributed by atoms with E-state index in [4.69, 9.17) is 0 Å². The molecule has 1 aromatic heterocycles. The zero-order valence-corrected chi connectivity index (χ0v) is 14.5. The lowest BCUT2D eigenvalue weighted by atomic mass is 10.1. The minimum Gasteiger partial charge on any atom is -0.338 e. The fourth-order valence-electron chi connectivity index (χ4n) is 2.57. The summed E-state index contributed by atoms with van der Waals surface area (Å²) in [4.78, 5) is 32.4. The number of carbonyl (C=O) groups excluding carboxylic acids is 1. The maximum atomic E-state index is 12.2. The van der Waals surface area contributed by atoms with E-state index in [9.17, 15) is 14.9 Å². The predicted octanol–water partition coefficient (Wildman–Crippen LogP) is 3.03. The molecule has 0 unspecified atom stereocenters. The summed E-state index contributed by atoms with van der Waals surface area (Å²) >= 11 is 0. The molecule has 134 valence electrons. The van der Waals surface area contributed by atoms with Gasteiger partial charge in [-0.15, -0.1) is 0 Å². The van der Waals surface area contributed by atoms with E-state index in [1.54, 1.807) is 6.07 Å². The van der Waals surface area contributed by atoms with Gasteiger partial charge < -0.3 is 15.2 Å². The number of imidazole rings is 1. The number of aromatic nitrogens is 2. The molecule has 1 heterocycles. The minimum absolute atomic E-state index is 0.0900. The van der Waals surface area contributed by atoms with Crippen LogP contribution in [0.25, 0.3) is 22.4 Å². The van der Waals surface area contributed by atoms with Gasteiger partial charge in [-0.05, 0) is 32.3 Å². The van der Waals surface area contributed by atoms with Crippen molar-refractivity contribution >= 4 is 28.3 Å². The summed E-state index contributed by atoms with van der Waals surface area (Å²) in [5.74, 6) is 0.334. The average Bonchev–Trinajstić information content (AvgIpc) is 3.03. The van der Waals surface area contributed by atoms with Crippen LogP contribution in [0.3, 0.4) is 0 Å². The number of fused-ring (bicyclic) bond motifs is 1. The van der Waals surface area contributed by atoms with Crippen LogP contribution >= 0.6 is 0 Å². The Labute approximate surface area is 150 Å². The van der Waals surface area contributed by atoms with E-state index in [1.165, 1.54) is 12.1 Å². The van der Waals surface area contributed by atoms with Crippen LogP contribution in [0.4, 0.5) is 11.4 Å². The number of amides is 1. The second-order valence-electron chi connectivity index (χ2n) is 6.19. The fourth-order valence-corrected chi connectivity index (χ4v) is 2.57. The second kappa shape index (κ2) is 7.32. The molecule has 3 aromatic rings. The lowest BCUT2D eigenvalue weighted by molar-refractivity contribution is -0.384. The molecule has 2 N–H and O–H groups in total. The van der Waals surface area contributed by atoms with Gasteiger partial charge in [0.25, 0.3) is 5.69 Å². The van der Waals surface area contributed by atoms with E-state index in [2.05, 4.69) is 15.3 Å². The van der Waals surface area contributed by atoms with E-state index in [0.29, 0.717) is 23.6 Å². The van der Waals surface area contributed by atoms with Gasteiger partial charge in [0.05, 0.1) is 21.6 Å². The van der Waals surface area contributed by atoms with Crippen molar-refractivity contribution in [2.75, 3.05) is 26.0 Å². The normalized spacial score (nSPS) is 11.0. The van der Waals surface area contributed by atoms with Gasteiger partial charge in [0.1, 0.15) is 5.82 Å². The zero-order chi connectivity index (χ0) is 18.7. The van der Waals surface area contributed by atoms with E-state index in [-0.39, 0.29) is 18.0 Å². The first-order chi connectivity index (χ1) is 12.4. The van der Waals surface area contributed by atoms with Crippen LogP contribution in [-0.4, -0.2) is 46.3 Å². The molecule has 26 heavy (non-hydrogen) atoms. The van der Waals surface area contributed by atoms with Crippen LogP contribution in [0.15, 0.2) is 42.5 Å². The van der Waals surface area contributed by atoms with Crippen LogP contribution in [0.5, 0.6) is 0 Å². The summed E-state index contributed by atoms with van der Waals surface area (Å²) < 4.78 is 0. The Bertz CT molecular complexity index is 931. The molecule has 0 fully saturated rings. The molecule has 0 saturated heterocycles. The number of benzene rings is 2. The van der Waals surface area contributed by atoms with Gasteiger partial charge >= 0.3 is 0 Å². The Morgan fingerprint density at radius 1 is 1.27 bits per heavy atom. The third kappa shape index (κ3) is 3.86. The topological polar surface area (TPSA) is 104 Å². The number of hydrogen-bond acceptors (Lipinski definition) is 5. The molecule has 0 aliphatic heterocycles. The van der Waals surface area contributed by atoms with Crippen molar-refractivity contribution in [3.8, 4) is 11.4 Å². The number of H-pyrrole nitrogens is 1. The predicted molar refractivity (Wildman–Crippen MR) is 100.0 cm³/mol. The molecule has 8 nitrogen and oxygen atoms in total. The summed E-state index contributed by atoms with van der Waals surface area (Å²) in [6.45, 7) is 0.584. The lowest BCUT2D eigenvalue weighted by Gasteiger charge is -2.12. The first-order valence-electron chi connectivity index (χ1n) is 8.12. The van der Waals surface area contributed by atoms with Crippen molar-refractivity contribution in [2.24, 2.45) is 0 Å². The first kappa shape index (κ1) is 17.6. The molecule has 2 aromatic carbocycles. The van der Waals surface area contributed by atoms with Crippen molar-refractivity contribution < 1.29 is 9.72 Å². The first-order valence-corrected chi connectivity index (χ1v) is 8.12.